The molecule has 0 aliphatic rings. The molecule has 6 heteroatoms. The maximum atomic E-state index is 10.3. The number of carboxylic acid groups (broad SMARTS) is 1. The molecule has 0 amide bonds. The van der Waals surface area contributed by atoms with Gasteiger partial charge in [0.05, 0.1) is 22.9 Å². The zero-order chi connectivity index (χ0) is 9.14. The van der Waals surface area contributed by atoms with Crippen molar-refractivity contribution >= 4 is 28.9 Å². The van der Waals surface area contributed by atoms with Gasteiger partial charge in [-0.15, -0.1) is 11.3 Å². The summed E-state index contributed by atoms with van der Waals surface area (Å²) < 4.78 is 0. The molecule has 4 nitrogen and oxygen atoms in total. The number of hydrogen-bond donors (Lipinski definition) is 2. The lowest BCUT2D eigenvalue weighted by Gasteiger charge is -2.04. The largest absolute Gasteiger partial charge is 0.481 e. The molecule has 1 aromatic rings. The summed E-state index contributed by atoms with van der Waals surface area (Å²) in [6.07, 6.45) is -0.123. The number of halogens is 1. The lowest BCUT2D eigenvalue weighted by molar-refractivity contribution is -0.137. The minimum Gasteiger partial charge on any atom is -0.481 e. The Morgan fingerprint density at radius 3 is 3.00 bits per heavy atom. The van der Waals surface area contributed by atoms with Gasteiger partial charge in [0.25, 0.3) is 0 Å². The minimum atomic E-state index is -0.938. The van der Waals surface area contributed by atoms with Gasteiger partial charge in [0.2, 0.25) is 0 Å². The predicted octanol–water partition coefficient (Wildman–Crippen LogP) is 1.27. The second-order valence-electron chi connectivity index (χ2n) is 2.21. The van der Waals surface area contributed by atoms with Gasteiger partial charge in [0.1, 0.15) is 5.15 Å². The van der Waals surface area contributed by atoms with Crippen LogP contribution < -0.4 is 5.73 Å². The highest BCUT2D eigenvalue weighted by molar-refractivity contribution is 7.10. The molecule has 0 aliphatic heterocycles. The first-order valence-corrected chi connectivity index (χ1v) is 4.43. The van der Waals surface area contributed by atoms with E-state index in [-0.39, 0.29) is 6.42 Å². The molecule has 0 bridgehead atoms. The molecule has 12 heavy (non-hydrogen) atoms. The van der Waals surface area contributed by atoms with E-state index in [1.54, 1.807) is 5.51 Å². The van der Waals surface area contributed by atoms with E-state index in [4.69, 9.17) is 22.4 Å². The number of carboxylic acids is 1. The number of carbonyl (C=O) groups is 1. The number of rotatable bonds is 3. The van der Waals surface area contributed by atoms with Crippen LogP contribution >= 0.6 is 22.9 Å². The molecule has 3 N–H and O–H groups in total. The van der Waals surface area contributed by atoms with E-state index in [0.29, 0.717) is 10.0 Å². The molecule has 66 valence electrons. The number of nitrogens with two attached hydrogens (primary N) is 1. The van der Waals surface area contributed by atoms with E-state index in [0.717, 1.165) is 0 Å². The van der Waals surface area contributed by atoms with Crippen LogP contribution in [-0.2, 0) is 4.79 Å². The van der Waals surface area contributed by atoms with E-state index < -0.39 is 12.0 Å². The summed E-state index contributed by atoms with van der Waals surface area (Å²) in [5.74, 6) is -0.938. The molecule has 0 aromatic carbocycles. The molecule has 0 saturated carbocycles. The van der Waals surface area contributed by atoms with Crippen LogP contribution in [0.1, 0.15) is 17.3 Å². The van der Waals surface area contributed by atoms with Crippen molar-refractivity contribution in [1.29, 1.82) is 0 Å². The quantitative estimate of drug-likeness (QED) is 0.781. The van der Waals surface area contributed by atoms with Gasteiger partial charge < -0.3 is 10.8 Å². The zero-order valence-electron chi connectivity index (χ0n) is 6.03. The second-order valence-corrected chi connectivity index (χ2v) is 3.46. The van der Waals surface area contributed by atoms with E-state index >= 15 is 0 Å². The monoisotopic (exact) mass is 206 g/mol. The number of aromatic nitrogens is 1. The number of nitrogens with zero attached hydrogens (tertiary/aromatic N) is 1. The standard InChI is InChI=1S/C6H7ClN2O2S/c7-6-5(12-2-9-6)3(8)1-4(10)11/h2-3H,1,8H2,(H,10,11)/t3-/m0/s1. The number of thiazole rings is 1. The molecule has 1 rings (SSSR count). The SMILES string of the molecule is N[C@@H](CC(=O)O)c1scnc1Cl. The Hall–Kier alpha value is -0.650. The van der Waals surface area contributed by atoms with Crippen molar-refractivity contribution in [2.75, 3.05) is 0 Å². The fraction of sp³-hybridized carbons (Fsp3) is 0.333. The van der Waals surface area contributed by atoms with Crippen molar-refractivity contribution in [2.45, 2.75) is 12.5 Å². The molecule has 1 aromatic heterocycles. The summed E-state index contributed by atoms with van der Waals surface area (Å²) in [6, 6.07) is -0.553. The van der Waals surface area contributed by atoms with E-state index in [1.165, 1.54) is 11.3 Å². The maximum absolute atomic E-state index is 10.3. The first-order chi connectivity index (χ1) is 5.61. The maximum Gasteiger partial charge on any atom is 0.305 e. The molecule has 0 fully saturated rings. The van der Waals surface area contributed by atoms with Crippen LogP contribution in [0.15, 0.2) is 5.51 Å². The van der Waals surface area contributed by atoms with Gasteiger partial charge in [-0.05, 0) is 0 Å². The molecule has 0 spiro atoms. The fourth-order valence-electron chi connectivity index (χ4n) is 0.763. The highest BCUT2D eigenvalue weighted by atomic mass is 35.5. The van der Waals surface area contributed by atoms with Crippen LogP contribution in [0.2, 0.25) is 5.15 Å². The second kappa shape index (κ2) is 3.84. The third-order valence-electron chi connectivity index (χ3n) is 1.28. The highest BCUT2D eigenvalue weighted by Gasteiger charge is 2.15. The Labute approximate surface area is 78.0 Å². The van der Waals surface area contributed by atoms with Crippen LogP contribution in [0.4, 0.5) is 0 Å². The molecular weight excluding hydrogens is 200 g/mol. The summed E-state index contributed by atoms with van der Waals surface area (Å²) in [5, 5.41) is 8.73. The van der Waals surface area contributed by atoms with E-state index in [9.17, 15) is 4.79 Å². The molecule has 0 aliphatic carbocycles. The summed E-state index contributed by atoms with van der Waals surface area (Å²) >= 11 is 6.91. The topological polar surface area (TPSA) is 76.2 Å². The van der Waals surface area contributed by atoms with Gasteiger partial charge in [-0.2, -0.15) is 0 Å². The van der Waals surface area contributed by atoms with Crippen molar-refractivity contribution in [3.8, 4) is 0 Å². The Morgan fingerprint density at radius 1 is 1.92 bits per heavy atom. The lowest BCUT2D eigenvalue weighted by Crippen LogP contribution is -2.14. The summed E-state index contributed by atoms with van der Waals surface area (Å²) in [4.78, 5) is 14.7. The number of hydrogen-bond acceptors (Lipinski definition) is 4. The van der Waals surface area contributed by atoms with Crippen LogP contribution in [0.3, 0.4) is 0 Å². The van der Waals surface area contributed by atoms with Crippen molar-refractivity contribution in [3.63, 3.8) is 0 Å². The normalized spacial score (nSPS) is 12.8. The summed E-state index contributed by atoms with van der Waals surface area (Å²) in [6.45, 7) is 0. The molecule has 0 saturated heterocycles. The minimum absolute atomic E-state index is 0.123. The average molecular weight is 207 g/mol. The molecule has 1 atom stereocenters. The molecular formula is C6H7ClN2O2S. The zero-order valence-corrected chi connectivity index (χ0v) is 7.60. The Bertz CT molecular complexity index is 289. The van der Waals surface area contributed by atoms with Gasteiger partial charge in [-0.3, -0.25) is 4.79 Å². The highest BCUT2D eigenvalue weighted by Crippen LogP contribution is 2.26. The predicted molar refractivity (Wildman–Crippen MR) is 46.3 cm³/mol. The average Bonchev–Trinajstić information content (AvgIpc) is 2.33. The van der Waals surface area contributed by atoms with Crippen LogP contribution in [0.5, 0.6) is 0 Å². The van der Waals surface area contributed by atoms with Crippen molar-refractivity contribution < 1.29 is 9.90 Å². The fourth-order valence-corrected chi connectivity index (χ4v) is 1.82. The molecule has 1 heterocycles. The first kappa shape index (κ1) is 9.44. The summed E-state index contributed by atoms with van der Waals surface area (Å²) in [7, 11) is 0. The van der Waals surface area contributed by atoms with Crippen LogP contribution in [0, 0.1) is 0 Å². The van der Waals surface area contributed by atoms with Crippen LogP contribution in [0.25, 0.3) is 0 Å². The Morgan fingerprint density at radius 2 is 2.58 bits per heavy atom. The Kier molecular flexibility index (Phi) is 3.02. The van der Waals surface area contributed by atoms with E-state index in [1.807, 2.05) is 0 Å². The summed E-state index contributed by atoms with van der Waals surface area (Å²) in [5.41, 5.74) is 7.09. The first-order valence-electron chi connectivity index (χ1n) is 3.17. The smallest absolute Gasteiger partial charge is 0.305 e. The lowest BCUT2D eigenvalue weighted by atomic mass is 10.2. The van der Waals surface area contributed by atoms with Crippen molar-refractivity contribution in [3.05, 3.63) is 15.5 Å². The van der Waals surface area contributed by atoms with E-state index in [2.05, 4.69) is 4.98 Å². The van der Waals surface area contributed by atoms with Crippen LogP contribution in [-0.4, -0.2) is 16.1 Å². The third kappa shape index (κ3) is 2.17. The van der Waals surface area contributed by atoms with Gasteiger partial charge in [-0.25, -0.2) is 4.98 Å². The van der Waals surface area contributed by atoms with Gasteiger partial charge >= 0.3 is 5.97 Å². The third-order valence-corrected chi connectivity index (χ3v) is 2.65. The van der Waals surface area contributed by atoms with Crippen molar-refractivity contribution in [2.24, 2.45) is 5.73 Å². The Balaban J connectivity index is 2.71. The molecule has 0 unspecified atom stereocenters. The van der Waals surface area contributed by atoms with Gasteiger partial charge in [0, 0.05) is 0 Å². The van der Waals surface area contributed by atoms with Crippen molar-refractivity contribution in [1.82, 2.24) is 4.98 Å². The number of aliphatic carboxylic acids is 1. The molecule has 0 radical (unpaired) electrons. The van der Waals surface area contributed by atoms with Gasteiger partial charge in [-0.1, -0.05) is 11.6 Å². The van der Waals surface area contributed by atoms with Gasteiger partial charge in [0.15, 0.2) is 0 Å².